The topological polar surface area (TPSA) is 99.6 Å². The lowest BCUT2D eigenvalue weighted by molar-refractivity contribution is 0.0953. The molecule has 7 heteroatoms. The van der Waals surface area contributed by atoms with Crippen molar-refractivity contribution in [2.24, 2.45) is 10.2 Å². The Bertz CT molecular complexity index is 867. The Hall–Kier alpha value is -3.01. The van der Waals surface area contributed by atoms with Crippen molar-refractivity contribution < 1.29 is 4.79 Å². The molecule has 23 heavy (non-hydrogen) atoms. The molecule has 0 spiro atoms. The van der Waals surface area contributed by atoms with Crippen LogP contribution in [0.5, 0.6) is 0 Å². The summed E-state index contributed by atoms with van der Waals surface area (Å²) in [6.07, 6.45) is 8.45. The predicted molar refractivity (Wildman–Crippen MR) is 85.0 cm³/mol. The molecule has 0 aliphatic carbocycles. The average Bonchev–Trinajstić information content (AvgIpc) is 3.33. The molecule has 2 aromatic rings. The minimum Gasteiger partial charge on any atom is -0.352 e. The Kier molecular flexibility index (Phi) is 3.89. The molecule has 0 saturated heterocycles. The van der Waals surface area contributed by atoms with Crippen molar-refractivity contribution in [3.63, 3.8) is 0 Å². The number of aromatic nitrogens is 2. The van der Waals surface area contributed by atoms with Gasteiger partial charge in [0.05, 0.1) is 22.8 Å². The van der Waals surface area contributed by atoms with Crippen LogP contribution in [0.2, 0.25) is 0 Å². The van der Waals surface area contributed by atoms with Crippen LogP contribution in [0.3, 0.4) is 0 Å². The number of rotatable bonds is 6. The number of amides is 1. The van der Waals surface area contributed by atoms with Gasteiger partial charge < -0.3 is 10.3 Å². The largest absolute Gasteiger partial charge is 0.352 e. The fourth-order valence-corrected chi connectivity index (χ4v) is 2.45. The van der Waals surface area contributed by atoms with Crippen LogP contribution < -0.4 is 10.9 Å². The molecule has 2 N–H and O–H groups in total. The number of hydrogen-bond acceptors (Lipinski definition) is 5. The molecule has 1 amide bonds. The van der Waals surface area contributed by atoms with Crippen LogP contribution in [0.1, 0.15) is 29.6 Å². The van der Waals surface area contributed by atoms with Crippen molar-refractivity contribution in [3.05, 3.63) is 40.4 Å². The van der Waals surface area contributed by atoms with Crippen LogP contribution in [0.15, 0.2) is 39.5 Å². The van der Waals surface area contributed by atoms with Crippen molar-refractivity contribution in [3.8, 4) is 12.3 Å². The van der Waals surface area contributed by atoms with Gasteiger partial charge in [0.25, 0.3) is 11.5 Å². The maximum Gasteiger partial charge on any atom is 0.259 e. The molecule has 2 heterocycles. The SMILES string of the molecule is C#CCCC1(CCNC(=O)c2cccc3nc[nH]c(=O)c23)N=N1. The summed E-state index contributed by atoms with van der Waals surface area (Å²) in [5, 5.41) is 11.1. The van der Waals surface area contributed by atoms with Crippen LogP contribution in [-0.2, 0) is 0 Å². The van der Waals surface area contributed by atoms with E-state index in [9.17, 15) is 9.59 Å². The fraction of sp³-hybridized carbons (Fsp3) is 0.312. The second kappa shape index (κ2) is 6.01. The monoisotopic (exact) mass is 309 g/mol. The van der Waals surface area contributed by atoms with E-state index in [4.69, 9.17) is 6.42 Å². The lowest BCUT2D eigenvalue weighted by Gasteiger charge is -2.10. The molecular weight excluding hydrogens is 294 g/mol. The molecule has 3 rings (SSSR count). The number of nitrogens with one attached hydrogen (secondary N) is 2. The number of aromatic amines is 1. The molecule has 1 aliphatic rings. The molecule has 0 bridgehead atoms. The molecule has 1 aliphatic heterocycles. The summed E-state index contributed by atoms with van der Waals surface area (Å²) >= 11 is 0. The molecule has 0 atom stereocenters. The average molecular weight is 309 g/mol. The molecule has 0 unspecified atom stereocenters. The van der Waals surface area contributed by atoms with E-state index in [1.807, 2.05) is 0 Å². The molecule has 1 aromatic heterocycles. The maximum absolute atomic E-state index is 12.3. The summed E-state index contributed by atoms with van der Waals surface area (Å²) in [6, 6.07) is 5.00. The number of carbonyl (C=O) groups is 1. The highest BCUT2D eigenvalue weighted by Crippen LogP contribution is 2.36. The number of carbonyl (C=O) groups excluding carboxylic acids is 1. The zero-order valence-corrected chi connectivity index (χ0v) is 12.4. The van der Waals surface area contributed by atoms with Gasteiger partial charge in [-0.1, -0.05) is 6.07 Å². The number of terminal acetylenes is 1. The van der Waals surface area contributed by atoms with Crippen LogP contribution in [0.25, 0.3) is 10.9 Å². The van der Waals surface area contributed by atoms with E-state index in [-0.39, 0.29) is 16.9 Å². The van der Waals surface area contributed by atoms with E-state index < -0.39 is 5.66 Å². The lowest BCUT2D eigenvalue weighted by atomic mass is 10.0. The smallest absolute Gasteiger partial charge is 0.259 e. The summed E-state index contributed by atoms with van der Waals surface area (Å²) in [5.74, 6) is 2.24. The third kappa shape index (κ3) is 3.11. The van der Waals surface area contributed by atoms with Crippen LogP contribution in [0, 0.1) is 12.3 Å². The number of fused-ring (bicyclic) bond motifs is 1. The van der Waals surface area contributed by atoms with Gasteiger partial charge in [0, 0.05) is 25.8 Å². The molecular formula is C16H15N5O2. The van der Waals surface area contributed by atoms with E-state index in [1.54, 1.807) is 18.2 Å². The molecule has 7 nitrogen and oxygen atoms in total. The highest BCUT2D eigenvalue weighted by molar-refractivity contribution is 6.05. The van der Waals surface area contributed by atoms with Gasteiger partial charge in [-0.3, -0.25) is 9.59 Å². The summed E-state index contributed by atoms with van der Waals surface area (Å²) in [7, 11) is 0. The summed E-state index contributed by atoms with van der Waals surface area (Å²) in [6.45, 7) is 0.408. The van der Waals surface area contributed by atoms with E-state index >= 15 is 0 Å². The highest BCUT2D eigenvalue weighted by atomic mass is 16.2. The van der Waals surface area contributed by atoms with E-state index in [1.165, 1.54) is 6.33 Å². The van der Waals surface area contributed by atoms with E-state index in [0.29, 0.717) is 36.9 Å². The van der Waals surface area contributed by atoms with Gasteiger partial charge in [0.1, 0.15) is 0 Å². The van der Waals surface area contributed by atoms with Gasteiger partial charge in [0.15, 0.2) is 5.66 Å². The first-order chi connectivity index (χ1) is 11.2. The van der Waals surface area contributed by atoms with E-state index in [2.05, 4.69) is 31.4 Å². The Morgan fingerprint density at radius 2 is 2.17 bits per heavy atom. The number of hydrogen-bond donors (Lipinski definition) is 2. The third-order valence-electron chi connectivity index (χ3n) is 3.78. The quantitative estimate of drug-likeness (QED) is 0.793. The molecule has 1 aromatic carbocycles. The first-order valence-electron chi connectivity index (χ1n) is 7.27. The first kappa shape index (κ1) is 14.9. The zero-order chi connectivity index (χ0) is 16.3. The van der Waals surface area contributed by atoms with Gasteiger partial charge >= 0.3 is 0 Å². The number of nitrogens with zero attached hydrogens (tertiary/aromatic N) is 3. The van der Waals surface area contributed by atoms with Crippen LogP contribution in [0.4, 0.5) is 0 Å². The fourth-order valence-electron chi connectivity index (χ4n) is 2.45. The number of benzene rings is 1. The lowest BCUT2D eigenvalue weighted by Crippen LogP contribution is -2.29. The first-order valence-corrected chi connectivity index (χ1v) is 7.27. The van der Waals surface area contributed by atoms with Gasteiger partial charge in [-0.25, -0.2) is 4.98 Å². The normalized spacial score (nSPS) is 14.4. The van der Waals surface area contributed by atoms with Gasteiger partial charge in [-0.15, -0.1) is 12.3 Å². The van der Waals surface area contributed by atoms with E-state index in [0.717, 1.165) is 0 Å². The second-order valence-corrected chi connectivity index (χ2v) is 5.32. The van der Waals surface area contributed by atoms with Crippen LogP contribution >= 0.6 is 0 Å². The van der Waals surface area contributed by atoms with Gasteiger partial charge in [0.2, 0.25) is 0 Å². The van der Waals surface area contributed by atoms with Gasteiger partial charge in [-0.05, 0) is 12.1 Å². The summed E-state index contributed by atoms with van der Waals surface area (Å²) < 4.78 is 0. The molecule has 0 saturated carbocycles. The van der Waals surface area contributed by atoms with Crippen molar-refractivity contribution in [2.45, 2.75) is 24.9 Å². The highest BCUT2D eigenvalue weighted by Gasteiger charge is 2.38. The standard InChI is InChI=1S/C16H15N5O2/c1-2-3-7-16(20-21-16)8-9-17-14(22)11-5-4-6-12-13(11)15(23)19-10-18-12/h1,4-6,10H,3,7-9H2,(H,17,22)(H,18,19,23). The Morgan fingerprint density at radius 1 is 1.35 bits per heavy atom. The predicted octanol–water partition coefficient (Wildman–Crippen LogP) is 1.62. The maximum atomic E-state index is 12.3. The Morgan fingerprint density at radius 3 is 2.91 bits per heavy atom. The van der Waals surface area contributed by atoms with Crippen molar-refractivity contribution in [2.75, 3.05) is 6.54 Å². The Balaban J connectivity index is 1.68. The number of H-pyrrole nitrogens is 1. The molecule has 0 fully saturated rings. The Labute approximate surface area is 132 Å². The zero-order valence-electron chi connectivity index (χ0n) is 12.4. The summed E-state index contributed by atoms with van der Waals surface area (Å²) in [4.78, 5) is 30.8. The minimum absolute atomic E-state index is 0.287. The minimum atomic E-state index is -0.433. The second-order valence-electron chi connectivity index (χ2n) is 5.32. The summed E-state index contributed by atoms with van der Waals surface area (Å²) in [5.41, 5.74) is 0.0222. The van der Waals surface area contributed by atoms with Crippen molar-refractivity contribution >= 4 is 16.8 Å². The third-order valence-corrected chi connectivity index (χ3v) is 3.78. The van der Waals surface area contributed by atoms with Crippen molar-refractivity contribution in [1.29, 1.82) is 0 Å². The van der Waals surface area contributed by atoms with Gasteiger partial charge in [-0.2, -0.15) is 10.2 Å². The molecule has 0 radical (unpaired) electrons. The molecule has 116 valence electrons. The van der Waals surface area contributed by atoms with Crippen molar-refractivity contribution in [1.82, 2.24) is 15.3 Å². The van der Waals surface area contributed by atoms with Crippen LogP contribution in [-0.4, -0.2) is 28.1 Å².